The van der Waals surface area contributed by atoms with E-state index in [2.05, 4.69) is 20.0 Å². The lowest BCUT2D eigenvalue weighted by Crippen LogP contribution is -2.17. The third kappa shape index (κ3) is 4.21. The van der Waals surface area contributed by atoms with Crippen molar-refractivity contribution in [3.63, 3.8) is 0 Å². The summed E-state index contributed by atoms with van der Waals surface area (Å²) < 4.78 is 42.0. The summed E-state index contributed by atoms with van der Waals surface area (Å²) in [6, 6.07) is 8.29. The smallest absolute Gasteiger partial charge is 0.471 e. The van der Waals surface area contributed by atoms with Gasteiger partial charge in [-0.15, -0.1) is 0 Å². The molecule has 0 aliphatic heterocycles. The fraction of sp³-hybridized carbons (Fsp3) is 0.111. The van der Waals surface area contributed by atoms with Crippen molar-refractivity contribution in [1.29, 1.82) is 0 Å². The number of nitrogens with one attached hydrogen (secondary N) is 1. The molecule has 0 atom stereocenters. The summed E-state index contributed by atoms with van der Waals surface area (Å²) in [4.78, 5) is 27.2. The largest absolute Gasteiger partial charge is 0.478 e. The standard InChI is InChI=1S/C18H11ClF3N3O4/c1-8-7-9(14-24-17(29-25-14)18(20,21)22)5-6-12(8)23-15(26)13-10(16(27)28)3-2-4-11(13)19/h2-7H,1H3,(H,23,26)(H,27,28). The third-order valence-corrected chi connectivity index (χ3v) is 4.19. The Bertz CT molecular complexity index is 1110. The molecule has 0 saturated heterocycles. The van der Waals surface area contributed by atoms with Crippen LogP contribution in [0.2, 0.25) is 5.02 Å². The van der Waals surface area contributed by atoms with Gasteiger partial charge in [0, 0.05) is 11.3 Å². The van der Waals surface area contributed by atoms with E-state index in [1.54, 1.807) is 6.92 Å². The van der Waals surface area contributed by atoms with Gasteiger partial charge in [-0.05, 0) is 42.8 Å². The maximum Gasteiger partial charge on any atom is 0.471 e. The fourth-order valence-corrected chi connectivity index (χ4v) is 2.78. The molecule has 0 fully saturated rings. The van der Waals surface area contributed by atoms with E-state index in [4.69, 9.17) is 11.6 Å². The lowest BCUT2D eigenvalue weighted by molar-refractivity contribution is -0.159. The van der Waals surface area contributed by atoms with Crippen molar-refractivity contribution < 1.29 is 32.4 Å². The molecule has 0 radical (unpaired) electrons. The van der Waals surface area contributed by atoms with E-state index < -0.39 is 23.9 Å². The molecule has 0 saturated carbocycles. The first-order valence-corrected chi connectivity index (χ1v) is 8.31. The number of hydrogen-bond donors (Lipinski definition) is 2. The highest BCUT2D eigenvalue weighted by molar-refractivity contribution is 6.35. The molecular weight excluding hydrogens is 415 g/mol. The van der Waals surface area contributed by atoms with Crippen LogP contribution in [0.4, 0.5) is 18.9 Å². The van der Waals surface area contributed by atoms with Gasteiger partial charge >= 0.3 is 18.0 Å². The second-order valence-corrected chi connectivity index (χ2v) is 6.28. The van der Waals surface area contributed by atoms with Crippen LogP contribution in [0.3, 0.4) is 0 Å². The van der Waals surface area contributed by atoms with Gasteiger partial charge in [0.2, 0.25) is 5.82 Å². The molecule has 2 N–H and O–H groups in total. The van der Waals surface area contributed by atoms with Crippen LogP contribution in [-0.4, -0.2) is 27.1 Å². The number of hydrogen-bond acceptors (Lipinski definition) is 5. The molecule has 2 aromatic carbocycles. The number of aromatic carboxylic acids is 1. The predicted octanol–water partition coefficient (Wildman–Crippen LogP) is 4.67. The number of nitrogens with zero attached hydrogens (tertiary/aromatic N) is 2. The summed E-state index contributed by atoms with van der Waals surface area (Å²) in [6.45, 7) is 1.59. The first-order valence-electron chi connectivity index (χ1n) is 7.93. The number of anilines is 1. The van der Waals surface area contributed by atoms with Crippen LogP contribution in [0.15, 0.2) is 40.9 Å². The SMILES string of the molecule is Cc1cc(-c2noc(C(F)(F)F)n2)ccc1NC(=O)c1c(Cl)cccc1C(=O)O. The minimum Gasteiger partial charge on any atom is -0.478 e. The molecule has 1 amide bonds. The third-order valence-electron chi connectivity index (χ3n) is 3.87. The first-order chi connectivity index (χ1) is 13.6. The Morgan fingerprint density at radius 3 is 2.52 bits per heavy atom. The van der Waals surface area contributed by atoms with Crippen molar-refractivity contribution in [3.05, 3.63) is 64.0 Å². The first kappa shape index (κ1) is 20.3. The number of carbonyl (C=O) groups is 2. The summed E-state index contributed by atoms with van der Waals surface area (Å²) in [5.74, 6) is -3.80. The van der Waals surface area contributed by atoms with Crippen LogP contribution in [0, 0.1) is 6.92 Å². The number of aryl methyl sites for hydroxylation is 1. The van der Waals surface area contributed by atoms with Crippen LogP contribution in [0.5, 0.6) is 0 Å². The zero-order valence-electron chi connectivity index (χ0n) is 14.5. The molecule has 1 heterocycles. The van der Waals surface area contributed by atoms with Crippen LogP contribution in [-0.2, 0) is 6.18 Å². The lowest BCUT2D eigenvalue weighted by atomic mass is 10.1. The van der Waals surface area contributed by atoms with Crippen molar-refractivity contribution in [1.82, 2.24) is 10.1 Å². The van der Waals surface area contributed by atoms with Crippen LogP contribution in [0.25, 0.3) is 11.4 Å². The van der Waals surface area contributed by atoms with Gasteiger partial charge < -0.3 is 14.9 Å². The molecule has 0 bridgehead atoms. The van der Waals surface area contributed by atoms with Crippen LogP contribution < -0.4 is 5.32 Å². The number of halogens is 4. The van der Waals surface area contributed by atoms with Gasteiger partial charge in [-0.3, -0.25) is 4.79 Å². The molecule has 29 heavy (non-hydrogen) atoms. The molecular formula is C18H11ClF3N3O4. The number of carboxylic acid groups (broad SMARTS) is 1. The van der Waals surface area contributed by atoms with Crippen molar-refractivity contribution in [3.8, 4) is 11.4 Å². The van der Waals surface area contributed by atoms with E-state index in [0.29, 0.717) is 11.3 Å². The van der Waals surface area contributed by atoms with Gasteiger partial charge in [0.05, 0.1) is 16.1 Å². The van der Waals surface area contributed by atoms with E-state index in [0.717, 1.165) is 0 Å². The van der Waals surface area contributed by atoms with Crippen molar-refractivity contribution in [2.45, 2.75) is 13.1 Å². The molecule has 0 aliphatic carbocycles. The Morgan fingerprint density at radius 2 is 1.93 bits per heavy atom. The number of aromatic nitrogens is 2. The van der Waals surface area contributed by atoms with Gasteiger partial charge in [0.15, 0.2) is 0 Å². The topological polar surface area (TPSA) is 105 Å². The highest BCUT2D eigenvalue weighted by atomic mass is 35.5. The average Bonchev–Trinajstić information content (AvgIpc) is 3.13. The Balaban J connectivity index is 1.88. The predicted molar refractivity (Wildman–Crippen MR) is 95.8 cm³/mol. The van der Waals surface area contributed by atoms with Crippen LogP contribution >= 0.6 is 11.6 Å². The number of rotatable bonds is 4. The summed E-state index contributed by atoms with van der Waals surface area (Å²) in [6.07, 6.45) is -4.76. The van der Waals surface area contributed by atoms with Gasteiger partial charge in [0.1, 0.15) is 0 Å². The maximum absolute atomic E-state index is 12.6. The van der Waals surface area contributed by atoms with Gasteiger partial charge in [-0.1, -0.05) is 22.8 Å². The second-order valence-electron chi connectivity index (χ2n) is 5.87. The van der Waals surface area contributed by atoms with E-state index in [9.17, 15) is 27.9 Å². The van der Waals surface area contributed by atoms with E-state index in [1.165, 1.54) is 36.4 Å². The number of carbonyl (C=O) groups excluding carboxylic acids is 1. The monoisotopic (exact) mass is 425 g/mol. The van der Waals surface area contributed by atoms with Gasteiger partial charge in [-0.25, -0.2) is 4.79 Å². The zero-order valence-corrected chi connectivity index (χ0v) is 15.3. The highest BCUT2D eigenvalue weighted by Crippen LogP contribution is 2.30. The number of alkyl halides is 3. The zero-order chi connectivity index (χ0) is 21.3. The summed E-state index contributed by atoms with van der Waals surface area (Å²) in [5, 5.41) is 15.0. The second kappa shape index (κ2) is 7.55. The van der Waals surface area contributed by atoms with Crippen molar-refractivity contribution in [2.75, 3.05) is 5.32 Å². The summed E-state index contributed by atoms with van der Waals surface area (Å²) >= 11 is 5.98. The minimum absolute atomic E-state index is 0.0387. The molecule has 11 heteroatoms. The van der Waals surface area contributed by atoms with E-state index in [1.807, 2.05) is 0 Å². The number of amides is 1. The lowest BCUT2D eigenvalue weighted by Gasteiger charge is -2.12. The summed E-state index contributed by atoms with van der Waals surface area (Å²) in [7, 11) is 0. The fourth-order valence-electron chi connectivity index (χ4n) is 2.52. The van der Waals surface area contributed by atoms with E-state index in [-0.39, 0.29) is 27.5 Å². The maximum atomic E-state index is 12.6. The van der Waals surface area contributed by atoms with E-state index >= 15 is 0 Å². The number of benzene rings is 2. The quantitative estimate of drug-likeness (QED) is 0.629. The molecule has 0 aliphatic rings. The van der Waals surface area contributed by atoms with Crippen molar-refractivity contribution >= 4 is 29.2 Å². The van der Waals surface area contributed by atoms with Gasteiger partial charge in [-0.2, -0.15) is 18.2 Å². The van der Waals surface area contributed by atoms with Gasteiger partial charge in [0.25, 0.3) is 5.91 Å². The molecule has 3 rings (SSSR count). The molecule has 1 aromatic heterocycles. The normalized spacial score (nSPS) is 11.3. The minimum atomic E-state index is -4.76. The molecule has 0 spiro atoms. The summed E-state index contributed by atoms with van der Waals surface area (Å²) in [5.41, 5.74) is 0.533. The molecule has 0 unspecified atom stereocenters. The molecule has 7 nitrogen and oxygen atoms in total. The Hall–Kier alpha value is -3.40. The Labute approximate surface area is 166 Å². The molecule has 3 aromatic rings. The average molecular weight is 426 g/mol. The highest BCUT2D eigenvalue weighted by Gasteiger charge is 2.38. The number of carboxylic acids is 1. The van der Waals surface area contributed by atoms with Crippen LogP contribution in [0.1, 0.15) is 32.2 Å². The Kier molecular flexibility index (Phi) is 5.29. The molecule has 150 valence electrons. The van der Waals surface area contributed by atoms with Crippen molar-refractivity contribution in [2.24, 2.45) is 0 Å². The Morgan fingerprint density at radius 1 is 1.21 bits per heavy atom.